The van der Waals surface area contributed by atoms with E-state index >= 15 is 0 Å². The van der Waals surface area contributed by atoms with Gasteiger partial charge in [-0.25, -0.2) is 19.6 Å². The summed E-state index contributed by atoms with van der Waals surface area (Å²) < 4.78 is 15.8. The molecule has 63 heavy (non-hydrogen) atoms. The number of nitrogens with zero attached hydrogens (tertiary/aromatic N) is 2. The molecular weight excluding hydrogens is 858 g/mol. The van der Waals surface area contributed by atoms with Crippen LogP contribution in [-0.4, -0.2) is 95.1 Å². The number of aromatic nitrogens is 2. The van der Waals surface area contributed by atoms with Crippen LogP contribution in [0.3, 0.4) is 0 Å². The van der Waals surface area contributed by atoms with Gasteiger partial charge in [-0.3, -0.25) is 19.2 Å². The van der Waals surface area contributed by atoms with E-state index in [-0.39, 0.29) is 66.3 Å². The van der Waals surface area contributed by atoms with Crippen molar-refractivity contribution in [2.75, 3.05) is 31.7 Å². The van der Waals surface area contributed by atoms with Crippen molar-refractivity contribution < 1.29 is 58.0 Å². The first-order valence-corrected chi connectivity index (χ1v) is 21.5. The number of Topliss-reactive ketones (excluding diaryl/α,β-unsaturated/α-hetero) is 2. The van der Waals surface area contributed by atoms with E-state index in [0.29, 0.717) is 30.0 Å². The van der Waals surface area contributed by atoms with Crippen molar-refractivity contribution in [2.45, 2.75) is 76.1 Å². The molecule has 0 radical (unpaired) electrons. The SMILES string of the molecule is COC(=O)CCNC(=O)NC(C(=O)C[C@H]1Cc2cccc(C)c2OB1O)c1csc(N)n1.Cc1cccc2c1OB(O)[C@@H](CC(=O)C(NC(=O)NCCC(=O)O)c1csc(N)n1)C2. The monoisotopic (exact) mass is 906 g/mol. The summed E-state index contributed by atoms with van der Waals surface area (Å²) in [6.45, 7) is 3.73. The number of aryl methyl sites for hydroxylation is 2. The first kappa shape index (κ1) is 47.8. The van der Waals surface area contributed by atoms with Crippen molar-refractivity contribution in [3.63, 3.8) is 0 Å². The van der Waals surface area contributed by atoms with Crippen molar-refractivity contribution in [1.29, 1.82) is 0 Å². The first-order valence-electron chi connectivity index (χ1n) is 19.7. The lowest BCUT2D eigenvalue weighted by Gasteiger charge is -2.29. The molecule has 0 aliphatic carbocycles. The smallest absolute Gasteiger partial charge is 0.526 e. The predicted molar refractivity (Wildman–Crippen MR) is 234 cm³/mol. The molecule has 0 saturated carbocycles. The number of nitrogens with one attached hydrogen (secondary N) is 4. The number of urea groups is 2. The van der Waals surface area contributed by atoms with Crippen LogP contribution >= 0.6 is 22.7 Å². The van der Waals surface area contributed by atoms with Crippen molar-refractivity contribution in [2.24, 2.45) is 0 Å². The number of para-hydroxylation sites is 2. The summed E-state index contributed by atoms with van der Waals surface area (Å²) in [6.07, 6.45) is 0.545. The Morgan fingerprint density at radius 1 is 0.762 bits per heavy atom. The Morgan fingerprint density at radius 3 is 1.57 bits per heavy atom. The van der Waals surface area contributed by atoms with Crippen LogP contribution in [0.4, 0.5) is 19.9 Å². The molecule has 2 aromatic carbocycles. The molecule has 6 rings (SSSR count). The zero-order valence-corrected chi connectivity index (χ0v) is 36.3. The highest BCUT2D eigenvalue weighted by Crippen LogP contribution is 2.38. The van der Waals surface area contributed by atoms with Crippen LogP contribution in [0.1, 0.15) is 71.4 Å². The quantitative estimate of drug-likeness (QED) is 0.0577. The maximum atomic E-state index is 13.2. The number of nitrogens with two attached hydrogens (primary N) is 2. The second kappa shape index (κ2) is 22.2. The minimum Gasteiger partial charge on any atom is -0.536 e. The fourth-order valence-corrected chi connectivity index (χ4v) is 8.09. The summed E-state index contributed by atoms with van der Waals surface area (Å²) in [5, 5.41) is 43.3. The number of esters is 1. The molecule has 0 spiro atoms. The van der Waals surface area contributed by atoms with Gasteiger partial charge in [-0.15, -0.1) is 22.7 Å². The molecule has 0 fully saturated rings. The Kier molecular flexibility index (Phi) is 16.9. The number of anilines is 2. The average Bonchev–Trinajstić information content (AvgIpc) is 3.87. The number of benzene rings is 2. The number of carbonyl (C=O) groups is 6. The Morgan fingerprint density at radius 2 is 1.19 bits per heavy atom. The van der Waals surface area contributed by atoms with E-state index in [1.165, 1.54) is 7.11 Å². The van der Waals surface area contributed by atoms with E-state index in [4.69, 9.17) is 25.9 Å². The van der Waals surface area contributed by atoms with Gasteiger partial charge in [-0.05, 0) is 48.9 Å². The Bertz CT molecular complexity index is 2300. The lowest BCUT2D eigenvalue weighted by Crippen LogP contribution is -2.43. The number of hydrogen-bond donors (Lipinski definition) is 9. The van der Waals surface area contributed by atoms with E-state index in [1.54, 1.807) is 10.8 Å². The molecule has 11 N–H and O–H groups in total. The summed E-state index contributed by atoms with van der Waals surface area (Å²) in [4.78, 5) is 80.8. The van der Waals surface area contributed by atoms with E-state index in [0.717, 1.165) is 44.9 Å². The predicted octanol–water partition coefficient (Wildman–Crippen LogP) is 2.68. The number of ketones is 2. The molecule has 334 valence electrons. The maximum Gasteiger partial charge on any atom is 0.526 e. The largest absolute Gasteiger partial charge is 0.536 e. The molecule has 0 bridgehead atoms. The number of fused-ring (bicyclic) bond motifs is 2. The number of carbonyl (C=O) groups excluding carboxylic acids is 5. The highest BCUT2D eigenvalue weighted by molar-refractivity contribution is 7.13. The Balaban J connectivity index is 0.000000238. The number of aliphatic carboxylic acids is 1. The van der Waals surface area contributed by atoms with Crippen molar-refractivity contribution in [3.8, 4) is 11.5 Å². The fourth-order valence-electron chi connectivity index (χ4n) is 6.92. The van der Waals surface area contributed by atoms with E-state index < -0.39 is 62.0 Å². The topological polar surface area (TPSA) is 317 Å². The minimum atomic E-state index is -1.16. The molecule has 20 nitrogen and oxygen atoms in total. The molecule has 4 aromatic rings. The van der Waals surface area contributed by atoms with Crippen LogP contribution in [0.15, 0.2) is 47.2 Å². The summed E-state index contributed by atoms with van der Waals surface area (Å²) >= 11 is 2.28. The molecular formula is C39H48B2N8O12S2. The number of amides is 4. The zero-order valence-electron chi connectivity index (χ0n) is 34.6. The van der Waals surface area contributed by atoms with Gasteiger partial charge in [-0.1, -0.05) is 36.4 Å². The van der Waals surface area contributed by atoms with Gasteiger partial charge in [0.25, 0.3) is 0 Å². The number of ether oxygens (including phenoxy) is 1. The number of thiazole rings is 2. The van der Waals surface area contributed by atoms with Crippen LogP contribution in [0.2, 0.25) is 11.6 Å². The van der Waals surface area contributed by atoms with Gasteiger partial charge in [0.1, 0.15) is 23.6 Å². The molecule has 4 atom stereocenters. The van der Waals surface area contributed by atoms with Gasteiger partial charge in [0.15, 0.2) is 21.8 Å². The fraction of sp³-hybridized carbons (Fsp3) is 0.385. The molecule has 2 aromatic heterocycles. The number of nitrogen functional groups attached to an aromatic ring is 2. The van der Waals surface area contributed by atoms with E-state index in [9.17, 15) is 38.8 Å². The van der Waals surface area contributed by atoms with Gasteiger partial charge in [0.2, 0.25) is 0 Å². The van der Waals surface area contributed by atoms with Crippen molar-refractivity contribution >= 4 is 82.7 Å². The molecule has 2 aliphatic rings. The third-order valence-corrected chi connectivity index (χ3v) is 11.5. The summed E-state index contributed by atoms with van der Waals surface area (Å²) in [5.74, 6) is -1.97. The van der Waals surface area contributed by atoms with Crippen LogP contribution in [-0.2, 0) is 36.8 Å². The summed E-state index contributed by atoms with van der Waals surface area (Å²) in [5.41, 5.74) is 15.6. The number of carboxylic acids is 1. The van der Waals surface area contributed by atoms with Crippen LogP contribution in [0.25, 0.3) is 0 Å². The van der Waals surface area contributed by atoms with Gasteiger partial charge < -0.3 is 61.9 Å². The van der Waals surface area contributed by atoms with Crippen molar-refractivity contribution in [1.82, 2.24) is 31.2 Å². The number of methoxy groups -OCH3 is 1. The molecule has 4 heterocycles. The average molecular weight is 907 g/mol. The van der Waals surface area contributed by atoms with Crippen molar-refractivity contribution in [3.05, 3.63) is 80.8 Å². The van der Waals surface area contributed by atoms with Gasteiger partial charge in [0, 0.05) is 48.3 Å². The first-order chi connectivity index (χ1) is 30.0. The highest BCUT2D eigenvalue weighted by atomic mass is 32.1. The molecule has 4 amide bonds. The van der Waals surface area contributed by atoms with E-state index in [1.807, 2.05) is 50.2 Å². The second-order valence-corrected chi connectivity index (χ2v) is 16.5. The molecule has 0 saturated heterocycles. The normalized spacial score (nSPS) is 16.0. The highest BCUT2D eigenvalue weighted by Gasteiger charge is 2.40. The molecule has 24 heteroatoms. The summed E-state index contributed by atoms with van der Waals surface area (Å²) in [6, 6.07) is 7.85. The number of hydrogen-bond acceptors (Lipinski definition) is 17. The standard InChI is InChI=1S/C20H25BN4O6S.C19H23BN4O6S/c1-11-4-3-5-12-8-13(21(29)31-18(11)12)9-15(26)17(14-10-32-19(22)24-14)25-20(28)23-7-6-16(27)30-2;1-10-3-2-4-11-7-12(20(29)30-17(10)11)8-14(25)16(13-9-31-18(21)23-13)24-19(28)22-6-5-15(26)27/h3-5,10,13,17,29H,6-9H2,1-2H3,(H2,22,24)(H2,23,25,28);2-4,9,12,16,29H,5-8H2,1H3,(H2,21,23)(H,26,27)(H2,22,24,28)/t13-,17?;12-,16?/m11/s1. The van der Waals surface area contributed by atoms with Gasteiger partial charge in [0.05, 0.1) is 31.3 Å². The molecule has 2 aliphatic heterocycles. The zero-order chi connectivity index (χ0) is 45.8. The third-order valence-electron chi connectivity index (χ3n) is 10.1. The second-order valence-electron chi connectivity index (χ2n) is 14.8. The maximum absolute atomic E-state index is 13.2. The number of carboxylic acid groups (broad SMARTS) is 1. The molecule has 2 unspecified atom stereocenters. The van der Waals surface area contributed by atoms with Gasteiger partial charge in [-0.2, -0.15) is 0 Å². The Labute approximate surface area is 370 Å². The van der Waals surface area contributed by atoms with Crippen LogP contribution in [0.5, 0.6) is 11.5 Å². The van der Waals surface area contributed by atoms with Crippen LogP contribution < -0.4 is 42.0 Å². The third kappa shape index (κ3) is 13.4. The lowest BCUT2D eigenvalue weighted by molar-refractivity contribution is -0.140. The van der Waals surface area contributed by atoms with Gasteiger partial charge >= 0.3 is 38.2 Å². The van der Waals surface area contributed by atoms with Crippen LogP contribution in [0, 0.1) is 13.8 Å². The minimum absolute atomic E-state index is 0.00336. The lowest BCUT2D eigenvalue weighted by atomic mass is 9.64. The Hall–Kier alpha value is -6.23. The summed E-state index contributed by atoms with van der Waals surface area (Å²) in [7, 11) is -1.06. The number of rotatable bonds is 16. The van der Waals surface area contributed by atoms with E-state index in [2.05, 4.69) is 36.0 Å².